The number of hydrogen-bond donors (Lipinski definition) is 0. The predicted molar refractivity (Wildman–Crippen MR) is 108 cm³/mol. The van der Waals surface area contributed by atoms with Crippen LogP contribution in [0.1, 0.15) is 48.9 Å². The van der Waals surface area contributed by atoms with Crippen LogP contribution in [0.4, 0.5) is 13.2 Å². The third-order valence-electron chi connectivity index (χ3n) is 5.71. The van der Waals surface area contributed by atoms with E-state index >= 15 is 0 Å². The molecule has 1 aliphatic rings. The van der Waals surface area contributed by atoms with Gasteiger partial charge >= 0.3 is 6.18 Å². The summed E-state index contributed by atoms with van der Waals surface area (Å²) in [6.07, 6.45) is 0.422. The van der Waals surface area contributed by atoms with Crippen LogP contribution in [0.3, 0.4) is 0 Å². The molecule has 1 aromatic carbocycles. The summed E-state index contributed by atoms with van der Waals surface area (Å²) in [5.41, 5.74) is 1.70. The predicted octanol–water partition coefficient (Wildman–Crippen LogP) is 4.17. The highest BCUT2D eigenvalue weighted by Gasteiger charge is 2.39. The maximum atomic E-state index is 13.3. The smallest absolute Gasteiger partial charge is 0.258 e. The summed E-state index contributed by atoms with van der Waals surface area (Å²) in [6, 6.07) is 10.2. The summed E-state index contributed by atoms with van der Waals surface area (Å²) < 4.78 is 44.5. The average molecular weight is 438 g/mol. The number of para-hydroxylation sites is 1. The molecule has 1 fully saturated rings. The minimum atomic E-state index is -4.50. The van der Waals surface area contributed by atoms with Crippen molar-refractivity contribution < 1.29 is 13.2 Å². The molecule has 6 rings (SSSR count). The Balaban J connectivity index is 1.45. The molecule has 5 aromatic rings. The minimum absolute atomic E-state index is 0.0931. The second kappa shape index (κ2) is 6.62. The molecule has 1 atom stereocenters. The molecule has 0 radical (unpaired) electrons. The van der Waals surface area contributed by atoms with Gasteiger partial charge in [0.1, 0.15) is 12.4 Å². The van der Waals surface area contributed by atoms with Gasteiger partial charge in [0.05, 0.1) is 17.3 Å². The lowest BCUT2D eigenvalue weighted by Gasteiger charge is -2.12. The molecule has 8 nitrogen and oxygen atoms in total. The average Bonchev–Trinajstić information content (AvgIpc) is 3.20. The Morgan fingerprint density at radius 3 is 2.56 bits per heavy atom. The van der Waals surface area contributed by atoms with E-state index in [9.17, 15) is 13.2 Å². The number of alkyl halides is 3. The van der Waals surface area contributed by atoms with E-state index in [1.54, 1.807) is 17.8 Å². The van der Waals surface area contributed by atoms with Gasteiger partial charge in [0.2, 0.25) is 0 Å². The Hall–Kier alpha value is -3.76. The highest BCUT2D eigenvalue weighted by atomic mass is 19.4. The zero-order chi connectivity index (χ0) is 22.0. The third-order valence-corrected chi connectivity index (χ3v) is 5.71. The molecular weight excluding hydrogens is 421 g/mol. The van der Waals surface area contributed by atoms with Crippen molar-refractivity contribution in [1.82, 2.24) is 39.1 Å². The summed E-state index contributed by atoms with van der Waals surface area (Å²) >= 11 is 0. The molecule has 32 heavy (non-hydrogen) atoms. The number of aromatic nitrogens is 8. The number of benzene rings is 1. The van der Waals surface area contributed by atoms with E-state index in [1.807, 2.05) is 30.3 Å². The molecule has 0 N–H and O–H groups in total. The van der Waals surface area contributed by atoms with Crippen LogP contribution >= 0.6 is 0 Å². The molecule has 0 aliphatic heterocycles. The van der Waals surface area contributed by atoms with E-state index in [-0.39, 0.29) is 5.92 Å². The fourth-order valence-electron chi connectivity index (χ4n) is 3.92. The van der Waals surface area contributed by atoms with E-state index in [0.29, 0.717) is 28.2 Å². The van der Waals surface area contributed by atoms with Gasteiger partial charge in [-0.05, 0) is 38.0 Å². The Morgan fingerprint density at radius 1 is 1.06 bits per heavy atom. The molecule has 0 bridgehead atoms. The largest absolute Gasteiger partial charge is 0.435 e. The van der Waals surface area contributed by atoms with Gasteiger partial charge in [-0.3, -0.25) is 4.68 Å². The summed E-state index contributed by atoms with van der Waals surface area (Å²) in [4.78, 5) is 9.11. The molecule has 0 spiro atoms. The first-order valence-electron chi connectivity index (χ1n) is 10.2. The number of fused-ring (bicyclic) bond motifs is 3. The van der Waals surface area contributed by atoms with Crippen molar-refractivity contribution in [3.05, 3.63) is 66.1 Å². The summed E-state index contributed by atoms with van der Waals surface area (Å²) in [7, 11) is 0. The van der Waals surface area contributed by atoms with Gasteiger partial charge in [0.15, 0.2) is 22.8 Å². The van der Waals surface area contributed by atoms with Crippen molar-refractivity contribution >= 4 is 16.7 Å². The van der Waals surface area contributed by atoms with E-state index in [4.69, 9.17) is 0 Å². The van der Waals surface area contributed by atoms with Crippen LogP contribution in [0.2, 0.25) is 0 Å². The van der Waals surface area contributed by atoms with Crippen LogP contribution in [-0.2, 0) is 6.18 Å². The van der Waals surface area contributed by atoms with Crippen LogP contribution in [0.15, 0.2) is 48.9 Å². The molecule has 1 aliphatic carbocycles. The van der Waals surface area contributed by atoms with E-state index in [1.165, 1.54) is 15.5 Å². The molecule has 4 heterocycles. The molecule has 4 aromatic heterocycles. The minimum Gasteiger partial charge on any atom is -0.258 e. The van der Waals surface area contributed by atoms with Gasteiger partial charge in [-0.25, -0.2) is 19.2 Å². The van der Waals surface area contributed by atoms with Gasteiger partial charge in [-0.2, -0.15) is 23.4 Å². The second-order valence-corrected chi connectivity index (χ2v) is 7.96. The monoisotopic (exact) mass is 438 g/mol. The first-order valence-corrected chi connectivity index (χ1v) is 10.2. The van der Waals surface area contributed by atoms with Gasteiger partial charge < -0.3 is 0 Å². The van der Waals surface area contributed by atoms with E-state index in [2.05, 4.69) is 25.3 Å². The Bertz CT molecular complexity index is 1440. The van der Waals surface area contributed by atoms with Crippen molar-refractivity contribution in [3.8, 4) is 5.69 Å². The highest BCUT2D eigenvalue weighted by Crippen LogP contribution is 2.43. The number of halogens is 3. The van der Waals surface area contributed by atoms with Gasteiger partial charge in [-0.15, -0.1) is 5.10 Å². The number of rotatable bonds is 4. The lowest BCUT2D eigenvalue weighted by atomic mass is 10.2. The van der Waals surface area contributed by atoms with Gasteiger partial charge in [0, 0.05) is 11.6 Å². The van der Waals surface area contributed by atoms with Crippen molar-refractivity contribution in [3.63, 3.8) is 0 Å². The zero-order valence-corrected chi connectivity index (χ0v) is 16.9. The standard InChI is InChI=1S/C21H17F3N8/c1-12(31-16(13-7-8-13)9-17(28-31)21(22,23)24)18-27-20-15-10-26-32(14-5-3-2-4-6-14)19(15)25-11-30(20)29-18/h2-6,9-13H,7-8H2,1H3. The first kappa shape index (κ1) is 19.0. The Kier molecular flexibility index (Phi) is 3.92. The number of hydrogen-bond acceptors (Lipinski definition) is 5. The van der Waals surface area contributed by atoms with E-state index in [0.717, 1.165) is 24.6 Å². The Labute approximate surface area is 179 Å². The fourth-order valence-corrected chi connectivity index (χ4v) is 3.92. The number of nitrogens with zero attached hydrogens (tertiary/aromatic N) is 8. The van der Waals surface area contributed by atoms with Gasteiger partial charge in [0.25, 0.3) is 0 Å². The van der Waals surface area contributed by atoms with Crippen LogP contribution in [0.5, 0.6) is 0 Å². The van der Waals surface area contributed by atoms with E-state index < -0.39 is 17.9 Å². The lowest BCUT2D eigenvalue weighted by molar-refractivity contribution is -0.141. The van der Waals surface area contributed by atoms with Crippen LogP contribution < -0.4 is 0 Å². The summed E-state index contributed by atoms with van der Waals surface area (Å²) in [5.74, 6) is 0.459. The van der Waals surface area contributed by atoms with Crippen molar-refractivity contribution in [2.45, 2.75) is 37.9 Å². The van der Waals surface area contributed by atoms with Crippen molar-refractivity contribution in [2.24, 2.45) is 0 Å². The maximum absolute atomic E-state index is 13.3. The van der Waals surface area contributed by atoms with Gasteiger partial charge in [-0.1, -0.05) is 18.2 Å². The topological polar surface area (TPSA) is 78.7 Å². The second-order valence-electron chi connectivity index (χ2n) is 7.96. The molecule has 0 saturated heterocycles. The Morgan fingerprint density at radius 2 is 1.84 bits per heavy atom. The zero-order valence-electron chi connectivity index (χ0n) is 16.9. The molecule has 162 valence electrons. The summed E-state index contributed by atoms with van der Waals surface area (Å²) in [5, 5.41) is 13.5. The quantitative estimate of drug-likeness (QED) is 0.421. The summed E-state index contributed by atoms with van der Waals surface area (Å²) in [6.45, 7) is 1.76. The normalized spacial score (nSPS) is 15.6. The van der Waals surface area contributed by atoms with Crippen molar-refractivity contribution in [1.29, 1.82) is 0 Å². The highest BCUT2D eigenvalue weighted by molar-refractivity contribution is 5.89. The van der Waals surface area contributed by atoms with Crippen LogP contribution in [0.25, 0.3) is 22.4 Å². The SMILES string of the molecule is CC(c1nc2c3cnn(-c4ccccc4)c3ncn2n1)n1nc(C(F)(F)F)cc1C1CC1. The molecule has 11 heteroatoms. The van der Waals surface area contributed by atoms with Crippen LogP contribution in [-0.4, -0.2) is 39.1 Å². The molecule has 1 unspecified atom stereocenters. The fraction of sp³-hybridized carbons (Fsp3) is 0.286. The molecule has 0 amide bonds. The lowest BCUT2D eigenvalue weighted by Crippen LogP contribution is -2.15. The first-order chi connectivity index (χ1) is 15.4. The molecule has 1 saturated carbocycles. The van der Waals surface area contributed by atoms with Crippen LogP contribution in [0, 0.1) is 0 Å². The maximum Gasteiger partial charge on any atom is 0.435 e. The molecular formula is C21H17F3N8. The third kappa shape index (κ3) is 2.95. The van der Waals surface area contributed by atoms with Crippen molar-refractivity contribution in [2.75, 3.05) is 0 Å².